The number of benzene rings is 2. The van der Waals surface area contributed by atoms with Gasteiger partial charge in [-0.25, -0.2) is 9.07 Å². The van der Waals surface area contributed by atoms with E-state index in [4.69, 9.17) is 0 Å². The van der Waals surface area contributed by atoms with E-state index in [1.807, 2.05) is 36.5 Å². The van der Waals surface area contributed by atoms with Gasteiger partial charge < -0.3 is 9.88 Å². The molecule has 1 aliphatic rings. The Morgan fingerprint density at radius 2 is 1.97 bits per heavy atom. The van der Waals surface area contributed by atoms with Gasteiger partial charge in [0.2, 0.25) is 0 Å². The van der Waals surface area contributed by atoms with Gasteiger partial charge in [0, 0.05) is 41.9 Å². The van der Waals surface area contributed by atoms with Gasteiger partial charge in [0.15, 0.2) is 5.69 Å². The lowest BCUT2D eigenvalue weighted by atomic mass is 9.99. The number of aromatic nitrogens is 3. The molecule has 0 spiro atoms. The fraction of sp³-hybridized carbons (Fsp3) is 0.130. The number of amides is 1. The number of carbonyl (C=O) groups is 1. The number of rotatable bonds is 3. The van der Waals surface area contributed by atoms with Gasteiger partial charge in [-0.2, -0.15) is 5.10 Å². The Balaban J connectivity index is 1.34. The second-order valence-corrected chi connectivity index (χ2v) is 7.10. The monoisotopic (exact) mass is 386 g/mol. The first-order valence-electron chi connectivity index (χ1n) is 9.55. The lowest BCUT2D eigenvalue weighted by Crippen LogP contribution is -2.35. The zero-order valence-electron chi connectivity index (χ0n) is 15.7. The molecule has 1 amide bonds. The van der Waals surface area contributed by atoms with E-state index in [9.17, 15) is 9.18 Å². The van der Waals surface area contributed by atoms with E-state index in [0.717, 1.165) is 28.6 Å². The Morgan fingerprint density at radius 1 is 1.10 bits per heavy atom. The van der Waals surface area contributed by atoms with Crippen molar-refractivity contribution in [1.29, 1.82) is 0 Å². The first-order chi connectivity index (χ1) is 14.2. The number of fused-ring (bicyclic) bond motifs is 1. The Bertz CT molecular complexity index is 1220. The maximum atomic E-state index is 13.4. The number of carbonyl (C=O) groups excluding carboxylic acids is 1. The van der Waals surface area contributed by atoms with Crippen molar-refractivity contribution in [3.8, 4) is 5.69 Å². The van der Waals surface area contributed by atoms with Gasteiger partial charge in [-0.15, -0.1) is 0 Å². The van der Waals surface area contributed by atoms with Gasteiger partial charge in [-0.3, -0.25) is 4.79 Å². The van der Waals surface area contributed by atoms with Crippen LogP contribution in [-0.4, -0.2) is 38.7 Å². The minimum atomic E-state index is -0.254. The molecule has 0 bridgehead atoms. The quantitative estimate of drug-likeness (QED) is 0.567. The van der Waals surface area contributed by atoms with Crippen LogP contribution in [0.25, 0.3) is 22.2 Å². The fourth-order valence-corrected chi connectivity index (χ4v) is 3.79. The summed E-state index contributed by atoms with van der Waals surface area (Å²) >= 11 is 0. The van der Waals surface area contributed by atoms with Crippen molar-refractivity contribution < 1.29 is 9.18 Å². The molecule has 0 aliphatic carbocycles. The average Bonchev–Trinajstić information content (AvgIpc) is 3.41. The fourth-order valence-electron chi connectivity index (χ4n) is 3.79. The summed E-state index contributed by atoms with van der Waals surface area (Å²) in [5, 5.41) is 5.44. The summed E-state index contributed by atoms with van der Waals surface area (Å²) in [6.07, 6.45) is 6.53. The molecule has 0 radical (unpaired) electrons. The summed E-state index contributed by atoms with van der Waals surface area (Å²) in [5.41, 5.74) is 4.38. The average molecular weight is 386 g/mol. The van der Waals surface area contributed by atoms with Gasteiger partial charge in [0.25, 0.3) is 5.91 Å². The van der Waals surface area contributed by atoms with Crippen LogP contribution in [0.4, 0.5) is 4.39 Å². The van der Waals surface area contributed by atoms with Crippen LogP contribution in [0, 0.1) is 5.82 Å². The van der Waals surface area contributed by atoms with Crippen molar-refractivity contribution >= 4 is 22.4 Å². The zero-order chi connectivity index (χ0) is 19.8. The standard InChI is InChI=1S/C23H19FN4O/c24-17-6-7-19-20(15-25-22(19)14-17)16-8-11-27(12-9-16)23(29)21-10-13-28(26-21)18-4-2-1-3-5-18/h1-8,10,13-15,25H,9,11-12H2. The van der Waals surface area contributed by atoms with Crippen molar-refractivity contribution in [2.24, 2.45) is 0 Å². The number of H-pyrrole nitrogens is 1. The Kier molecular flexibility index (Phi) is 4.24. The summed E-state index contributed by atoms with van der Waals surface area (Å²) in [6.45, 7) is 1.15. The number of nitrogens with one attached hydrogen (secondary N) is 1. The van der Waals surface area contributed by atoms with Crippen LogP contribution in [0.3, 0.4) is 0 Å². The van der Waals surface area contributed by atoms with Crippen LogP contribution in [0.15, 0.2) is 73.1 Å². The highest BCUT2D eigenvalue weighted by Crippen LogP contribution is 2.30. The van der Waals surface area contributed by atoms with E-state index in [0.29, 0.717) is 18.8 Å². The van der Waals surface area contributed by atoms with Crippen LogP contribution in [0.5, 0.6) is 0 Å². The number of hydrogen-bond acceptors (Lipinski definition) is 2. The SMILES string of the molecule is O=C(c1ccn(-c2ccccc2)n1)N1CC=C(c2c[nH]c3cc(F)ccc23)CC1. The number of para-hydroxylation sites is 1. The van der Waals surface area contributed by atoms with Crippen molar-refractivity contribution in [2.75, 3.05) is 13.1 Å². The number of nitrogens with zero attached hydrogens (tertiary/aromatic N) is 3. The molecular weight excluding hydrogens is 367 g/mol. The van der Waals surface area contributed by atoms with Gasteiger partial charge in [-0.05, 0) is 48.4 Å². The van der Waals surface area contributed by atoms with Gasteiger partial charge in [0.1, 0.15) is 5.82 Å². The van der Waals surface area contributed by atoms with E-state index in [1.54, 1.807) is 27.9 Å². The molecule has 2 aromatic heterocycles. The first-order valence-corrected chi connectivity index (χ1v) is 9.55. The van der Waals surface area contributed by atoms with Crippen LogP contribution < -0.4 is 0 Å². The maximum absolute atomic E-state index is 13.4. The molecule has 0 atom stereocenters. The predicted octanol–water partition coefficient (Wildman–Crippen LogP) is 4.42. The molecule has 5 rings (SSSR count). The minimum Gasteiger partial charge on any atom is -0.360 e. The minimum absolute atomic E-state index is 0.0732. The Morgan fingerprint density at radius 3 is 2.76 bits per heavy atom. The molecule has 0 saturated carbocycles. The smallest absolute Gasteiger partial charge is 0.274 e. The normalized spacial score (nSPS) is 14.2. The summed E-state index contributed by atoms with van der Waals surface area (Å²) in [5.74, 6) is -0.328. The van der Waals surface area contributed by atoms with Gasteiger partial charge in [0.05, 0.1) is 5.69 Å². The van der Waals surface area contributed by atoms with E-state index in [-0.39, 0.29) is 11.7 Å². The van der Waals surface area contributed by atoms with E-state index in [2.05, 4.69) is 16.2 Å². The van der Waals surface area contributed by atoms with E-state index >= 15 is 0 Å². The van der Waals surface area contributed by atoms with Gasteiger partial charge >= 0.3 is 0 Å². The van der Waals surface area contributed by atoms with Crippen molar-refractivity contribution in [2.45, 2.75) is 6.42 Å². The Labute approximate surface area is 167 Å². The molecule has 29 heavy (non-hydrogen) atoms. The zero-order valence-corrected chi connectivity index (χ0v) is 15.7. The van der Waals surface area contributed by atoms with Crippen LogP contribution >= 0.6 is 0 Å². The maximum Gasteiger partial charge on any atom is 0.274 e. The summed E-state index contributed by atoms with van der Waals surface area (Å²) < 4.78 is 15.1. The number of halogens is 1. The highest BCUT2D eigenvalue weighted by atomic mass is 19.1. The second-order valence-electron chi connectivity index (χ2n) is 7.10. The topological polar surface area (TPSA) is 53.9 Å². The molecule has 4 aromatic rings. The molecule has 1 aliphatic heterocycles. The third-order valence-corrected chi connectivity index (χ3v) is 5.32. The van der Waals surface area contributed by atoms with Crippen LogP contribution in [-0.2, 0) is 0 Å². The molecule has 0 saturated heterocycles. The van der Waals surface area contributed by atoms with Crippen molar-refractivity contribution in [3.05, 3.63) is 90.1 Å². The molecule has 2 aromatic carbocycles. The van der Waals surface area contributed by atoms with Crippen LogP contribution in [0.2, 0.25) is 0 Å². The Hall–Kier alpha value is -3.67. The lowest BCUT2D eigenvalue weighted by molar-refractivity contribution is 0.0766. The molecule has 0 unspecified atom stereocenters. The number of aromatic amines is 1. The summed E-state index contributed by atoms with van der Waals surface area (Å²) in [4.78, 5) is 17.8. The highest BCUT2D eigenvalue weighted by molar-refractivity contribution is 5.95. The second kappa shape index (κ2) is 7.05. The molecule has 144 valence electrons. The molecule has 0 fully saturated rings. The van der Waals surface area contributed by atoms with E-state index in [1.165, 1.54) is 17.7 Å². The largest absolute Gasteiger partial charge is 0.360 e. The van der Waals surface area contributed by atoms with E-state index < -0.39 is 0 Å². The highest BCUT2D eigenvalue weighted by Gasteiger charge is 2.22. The number of hydrogen-bond donors (Lipinski definition) is 1. The molecular formula is C23H19FN4O. The van der Waals surface area contributed by atoms with Crippen molar-refractivity contribution in [1.82, 2.24) is 19.7 Å². The third kappa shape index (κ3) is 3.23. The lowest BCUT2D eigenvalue weighted by Gasteiger charge is -2.25. The van der Waals surface area contributed by atoms with Crippen LogP contribution in [0.1, 0.15) is 22.5 Å². The predicted molar refractivity (Wildman–Crippen MR) is 110 cm³/mol. The molecule has 5 nitrogen and oxygen atoms in total. The molecule has 3 heterocycles. The third-order valence-electron chi connectivity index (χ3n) is 5.32. The summed E-state index contributed by atoms with van der Waals surface area (Å²) in [6, 6.07) is 16.2. The van der Waals surface area contributed by atoms with Crippen molar-refractivity contribution in [3.63, 3.8) is 0 Å². The van der Waals surface area contributed by atoms with Gasteiger partial charge in [-0.1, -0.05) is 24.3 Å². The first kappa shape index (κ1) is 17.4. The molecule has 6 heteroatoms. The summed E-state index contributed by atoms with van der Waals surface area (Å²) in [7, 11) is 0. The molecule has 1 N–H and O–H groups in total.